The fourth-order valence-electron chi connectivity index (χ4n) is 4.08. The number of benzene rings is 2. The summed E-state index contributed by atoms with van der Waals surface area (Å²) in [4.78, 5) is 27.6. The highest BCUT2D eigenvalue weighted by Crippen LogP contribution is 2.30. The Morgan fingerprint density at radius 3 is 2.52 bits per heavy atom. The predicted octanol–water partition coefficient (Wildman–Crippen LogP) is 3.63. The number of anilines is 1. The van der Waals surface area contributed by atoms with E-state index in [9.17, 15) is 18.5 Å². The molecule has 3 aromatic rings. The summed E-state index contributed by atoms with van der Waals surface area (Å²) in [6, 6.07) is 15.5. The molecule has 11 nitrogen and oxygen atoms in total. The largest absolute Gasteiger partial charge is 0.377 e. The number of ether oxygens (including phenoxy) is 1. The maximum atomic E-state index is 13.4. The predicted molar refractivity (Wildman–Crippen MR) is 149 cm³/mol. The molecule has 1 aliphatic heterocycles. The first-order valence-corrected chi connectivity index (χ1v) is 14.0. The monoisotopic (exact) mass is 562 g/mol. The zero-order chi connectivity index (χ0) is 29.0. The highest BCUT2D eigenvalue weighted by Gasteiger charge is 2.47. The average molecular weight is 563 g/mol. The van der Waals surface area contributed by atoms with Gasteiger partial charge in [-0.05, 0) is 45.9 Å². The highest BCUT2D eigenvalue weighted by molar-refractivity contribution is 7.89. The zero-order valence-electron chi connectivity index (χ0n) is 22.6. The van der Waals surface area contributed by atoms with Gasteiger partial charge in [-0.15, -0.1) is 0 Å². The molecule has 1 atom stereocenters. The van der Waals surface area contributed by atoms with Gasteiger partial charge in [0.15, 0.2) is 0 Å². The first-order chi connectivity index (χ1) is 19.0. The lowest BCUT2D eigenvalue weighted by Gasteiger charge is -2.24. The van der Waals surface area contributed by atoms with Crippen LogP contribution in [0.1, 0.15) is 45.2 Å². The quantitative estimate of drug-likeness (QED) is 0.400. The number of nitriles is 1. The van der Waals surface area contributed by atoms with Crippen molar-refractivity contribution in [3.63, 3.8) is 0 Å². The van der Waals surface area contributed by atoms with Gasteiger partial charge >= 0.3 is 0 Å². The molecular formula is C28H30N6O5S. The second kappa shape index (κ2) is 11.5. The van der Waals surface area contributed by atoms with Gasteiger partial charge in [0.2, 0.25) is 21.6 Å². The Morgan fingerprint density at radius 2 is 1.85 bits per heavy atom. The van der Waals surface area contributed by atoms with Crippen molar-refractivity contribution in [2.75, 3.05) is 18.5 Å². The number of aromatic nitrogens is 2. The fourth-order valence-corrected chi connectivity index (χ4v) is 5.73. The molecule has 0 aliphatic carbocycles. The number of carbonyl (C=O) groups is 1. The topological polar surface area (TPSA) is 156 Å². The maximum Gasteiger partial charge on any atom is 0.276 e. The molecule has 4 rings (SSSR count). The maximum absolute atomic E-state index is 13.4. The van der Waals surface area contributed by atoms with Crippen LogP contribution in [0.25, 0.3) is 11.1 Å². The Morgan fingerprint density at radius 1 is 1.12 bits per heavy atom. The third-order valence-electron chi connectivity index (χ3n) is 5.87. The summed E-state index contributed by atoms with van der Waals surface area (Å²) < 4.78 is 34.3. The molecule has 1 aromatic heterocycles. The van der Waals surface area contributed by atoms with E-state index >= 15 is 0 Å². The Balaban J connectivity index is 1.55. The molecule has 208 valence electrons. The summed E-state index contributed by atoms with van der Waals surface area (Å²) in [5, 5.41) is 16.0. The molecule has 1 aliphatic rings. The summed E-state index contributed by atoms with van der Waals surface area (Å²) >= 11 is 0. The minimum absolute atomic E-state index is 0.00121. The number of hydrogen-bond acceptors (Lipinski definition) is 9. The van der Waals surface area contributed by atoms with Crippen molar-refractivity contribution in [3.05, 3.63) is 72.1 Å². The van der Waals surface area contributed by atoms with Gasteiger partial charge in [-0.1, -0.05) is 35.5 Å². The lowest BCUT2D eigenvalue weighted by Crippen LogP contribution is -2.47. The summed E-state index contributed by atoms with van der Waals surface area (Å²) in [5.74, 6) is -0.553. The van der Waals surface area contributed by atoms with E-state index in [2.05, 4.69) is 31.2 Å². The van der Waals surface area contributed by atoms with Crippen LogP contribution in [0.2, 0.25) is 0 Å². The van der Waals surface area contributed by atoms with Gasteiger partial charge in [-0.2, -0.15) is 5.26 Å². The number of hydrogen-bond donors (Lipinski definition) is 2. The van der Waals surface area contributed by atoms with Crippen LogP contribution in [0.4, 0.5) is 5.95 Å². The number of carbonyl (C=O) groups excluding carboxylic acids is 1. The number of nitrogens with zero attached hydrogens (tertiary/aromatic N) is 4. The zero-order valence-corrected chi connectivity index (χ0v) is 23.4. The lowest BCUT2D eigenvalue weighted by atomic mass is 9.93. The smallest absolute Gasteiger partial charge is 0.276 e. The highest BCUT2D eigenvalue weighted by atomic mass is 32.2. The van der Waals surface area contributed by atoms with Crippen molar-refractivity contribution in [2.45, 2.75) is 50.2 Å². The molecule has 0 fully saturated rings. The van der Waals surface area contributed by atoms with Crippen molar-refractivity contribution >= 4 is 27.6 Å². The number of amides is 1. The number of oxime groups is 1. The van der Waals surface area contributed by atoms with E-state index in [0.717, 1.165) is 0 Å². The van der Waals surface area contributed by atoms with Crippen molar-refractivity contribution in [3.8, 4) is 17.2 Å². The van der Waals surface area contributed by atoms with E-state index in [1.54, 1.807) is 70.2 Å². The molecular weight excluding hydrogens is 532 g/mol. The van der Waals surface area contributed by atoms with Crippen LogP contribution >= 0.6 is 0 Å². The van der Waals surface area contributed by atoms with Crippen LogP contribution in [-0.4, -0.2) is 54.4 Å². The molecule has 2 N–H and O–H groups in total. The summed E-state index contributed by atoms with van der Waals surface area (Å²) in [5.41, 5.74) is 0.376. The van der Waals surface area contributed by atoms with Crippen molar-refractivity contribution < 1.29 is 22.8 Å². The van der Waals surface area contributed by atoms with Gasteiger partial charge < -0.3 is 9.57 Å². The standard InChI is InChI=1S/C28H30N6O5S/c1-5-38-18-28(14-23(33-39-28)20-10-8-9-19(13-20)15-29)25(35)32-26-30-16-21(17-31-26)22-11-6-7-12-24(22)40(36,37)34-27(2,3)4/h6-13,16-17,34H,5,14,18H2,1-4H3,(H,30,31,32,35). The number of nitrogens with one attached hydrogen (secondary N) is 2. The summed E-state index contributed by atoms with van der Waals surface area (Å²) in [6.45, 7) is 7.38. The van der Waals surface area contributed by atoms with Gasteiger partial charge in [0.1, 0.15) is 0 Å². The molecule has 0 saturated carbocycles. The van der Waals surface area contributed by atoms with Crippen molar-refractivity contribution in [2.24, 2.45) is 5.16 Å². The second-order valence-electron chi connectivity index (χ2n) is 10.2. The third-order valence-corrected chi connectivity index (χ3v) is 7.68. The van der Waals surface area contributed by atoms with Gasteiger partial charge in [-0.3, -0.25) is 10.1 Å². The average Bonchev–Trinajstić information content (AvgIpc) is 3.37. The van der Waals surface area contributed by atoms with Crippen LogP contribution in [0.5, 0.6) is 0 Å². The van der Waals surface area contributed by atoms with Crippen LogP contribution in [0, 0.1) is 11.3 Å². The van der Waals surface area contributed by atoms with Gasteiger partial charge in [-0.25, -0.2) is 23.1 Å². The van der Waals surface area contributed by atoms with E-state index in [0.29, 0.717) is 34.6 Å². The number of rotatable bonds is 9. The Hall–Kier alpha value is -4.18. The van der Waals surface area contributed by atoms with E-state index in [4.69, 9.17) is 9.57 Å². The van der Waals surface area contributed by atoms with E-state index < -0.39 is 27.1 Å². The Labute approximate surface area is 233 Å². The fraction of sp³-hybridized carbons (Fsp3) is 0.321. The molecule has 1 unspecified atom stereocenters. The van der Waals surface area contributed by atoms with E-state index in [1.165, 1.54) is 18.5 Å². The third kappa shape index (κ3) is 6.51. The van der Waals surface area contributed by atoms with E-state index in [1.807, 2.05) is 0 Å². The first-order valence-electron chi connectivity index (χ1n) is 12.6. The molecule has 0 saturated heterocycles. The van der Waals surface area contributed by atoms with Crippen LogP contribution < -0.4 is 10.0 Å². The van der Waals surface area contributed by atoms with Crippen LogP contribution in [-0.2, 0) is 24.4 Å². The molecule has 0 bridgehead atoms. The lowest BCUT2D eigenvalue weighted by molar-refractivity contribution is -0.146. The molecule has 40 heavy (non-hydrogen) atoms. The molecule has 0 spiro atoms. The normalized spacial score (nSPS) is 17.0. The summed E-state index contributed by atoms with van der Waals surface area (Å²) in [7, 11) is -3.82. The number of sulfonamides is 1. The molecule has 0 radical (unpaired) electrons. The first kappa shape index (κ1) is 28.8. The van der Waals surface area contributed by atoms with E-state index in [-0.39, 0.29) is 23.9 Å². The minimum Gasteiger partial charge on any atom is -0.377 e. The van der Waals surface area contributed by atoms with Crippen molar-refractivity contribution in [1.29, 1.82) is 5.26 Å². The molecule has 12 heteroatoms. The van der Waals surface area contributed by atoms with Crippen LogP contribution in [0.3, 0.4) is 0 Å². The SMILES string of the molecule is CCOCC1(C(=O)Nc2ncc(-c3ccccc3S(=O)(=O)NC(C)(C)C)cn2)CC(c2cccc(C#N)c2)=NO1. The second-order valence-corrected chi connectivity index (χ2v) is 11.9. The van der Waals surface area contributed by atoms with Gasteiger partial charge in [0.25, 0.3) is 5.91 Å². The van der Waals surface area contributed by atoms with Gasteiger partial charge in [0, 0.05) is 47.7 Å². The molecule has 1 amide bonds. The van der Waals surface area contributed by atoms with Gasteiger partial charge in [0.05, 0.1) is 28.8 Å². The Bertz CT molecular complexity index is 1580. The van der Waals surface area contributed by atoms with Crippen LogP contribution in [0.15, 0.2) is 71.0 Å². The summed E-state index contributed by atoms with van der Waals surface area (Å²) in [6.07, 6.45) is 2.99. The minimum atomic E-state index is -3.82. The van der Waals surface area contributed by atoms with Crippen molar-refractivity contribution in [1.82, 2.24) is 14.7 Å². The molecule has 2 heterocycles. The Kier molecular flexibility index (Phi) is 8.29. The molecule has 2 aromatic carbocycles.